The highest BCUT2D eigenvalue weighted by atomic mass is 32.2. The predicted octanol–water partition coefficient (Wildman–Crippen LogP) is 0.440. The number of hydrogen-bond donors (Lipinski definition) is 2. The van der Waals surface area contributed by atoms with Gasteiger partial charge < -0.3 is 20.1 Å². The smallest absolute Gasteiger partial charge is 0.243 e. The van der Waals surface area contributed by atoms with E-state index in [-0.39, 0.29) is 16.7 Å². The zero-order valence-electron chi connectivity index (χ0n) is 15.4. The van der Waals surface area contributed by atoms with Crippen molar-refractivity contribution in [2.75, 3.05) is 47.4 Å². The van der Waals surface area contributed by atoms with E-state index in [1.807, 2.05) is 7.05 Å². The molecule has 0 saturated carbocycles. The van der Waals surface area contributed by atoms with Gasteiger partial charge in [0.05, 0.1) is 19.1 Å². The van der Waals surface area contributed by atoms with E-state index < -0.39 is 10.0 Å². The molecule has 1 saturated heterocycles. The first kappa shape index (κ1) is 20.5. The van der Waals surface area contributed by atoms with E-state index in [2.05, 4.69) is 10.6 Å². The molecule has 0 unspecified atom stereocenters. The van der Waals surface area contributed by atoms with Gasteiger partial charge in [0, 0.05) is 38.2 Å². The van der Waals surface area contributed by atoms with Crippen LogP contribution in [-0.4, -0.2) is 66.1 Å². The zero-order valence-corrected chi connectivity index (χ0v) is 16.3. The van der Waals surface area contributed by atoms with Crippen LogP contribution in [-0.2, 0) is 14.8 Å². The summed E-state index contributed by atoms with van der Waals surface area (Å²) in [5, 5.41) is 5.83. The molecule has 1 fully saturated rings. The fourth-order valence-electron chi connectivity index (χ4n) is 2.94. The van der Waals surface area contributed by atoms with Crippen molar-refractivity contribution < 1.29 is 22.7 Å². The number of piperidine rings is 1. The number of sulfonamides is 1. The summed E-state index contributed by atoms with van der Waals surface area (Å²) < 4.78 is 37.5. The fraction of sp³-hybridized carbons (Fsp3) is 0.588. The van der Waals surface area contributed by atoms with Crippen LogP contribution in [0, 0.1) is 5.92 Å². The number of ether oxygens (including phenoxy) is 2. The van der Waals surface area contributed by atoms with Crippen LogP contribution < -0.4 is 20.1 Å². The Morgan fingerprint density at radius 3 is 2.38 bits per heavy atom. The van der Waals surface area contributed by atoms with Crippen LogP contribution >= 0.6 is 0 Å². The van der Waals surface area contributed by atoms with Gasteiger partial charge in [-0.25, -0.2) is 8.42 Å². The number of benzene rings is 1. The van der Waals surface area contributed by atoms with Crippen LogP contribution in [0.1, 0.15) is 12.8 Å². The van der Waals surface area contributed by atoms with Crippen LogP contribution in [0.15, 0.2) is 23.1 Å². The summed E-state index contributed by atoms with van der Waals surface area (Å²) in [7, 11) is 1.15. The number of hydrogen-bond acceptors (Lipinski definition) is 6. The molecule has 26 heavy (non-hydrogen) atoms. The summed E-state index contributed by atoms with van der Waals surface area (Å²) in [6.07, 6.45) is 1.02. The van der Waals surface area contributed by atoms with Crippen molar-refractivity contribution in [1.82, 2.24) is 14.9 Å². The van der Waals surface area contributed by atoms with E-state index in [0.717, 1.165) is 0 Å². The number of amides is 1. The average Bonchev–Trinajstić information content (AvgIpc) is 2.67. The first-order valence-corrected chi connectivity index (χ1v) is 10.0. The lowest BCUT2D eigenvalue weighted by molar-refractivity contribution is -0.126. The minimum Gasteiger partial charge on any atom is -0.493 e. The normalized spacial score (nSPS) is 16.3. The maximum atomic E-state index is 12.9. The lowest BCUT2D eigenvalue weighted by Crippen LogP contribution is -2.43. The lowest BCUT2D eigenvalue weighted by atomic mass is 9.97. The van der Waals surface area contributed by atoms with E-state index in [1.54, 1.807) is 6.07 Å². The maximum absolute atomic E-state index is 12.9. The molecule has 146 valence electrons. The Kier molecular flexibility index (Phi) is 7.24. The summed E-state index contributed by atoms with van der Waals surface area (Å²) in [6.45, 7) is 1.92. The van der Waals surface area contributed by atoms with Crippen LogP contribution in [0.25, 0.3) is 0 Å². The third kappa shape index (κ3) is 4.66. The average molecular weight is 385 g/mol. The van der Waals surface area contributed by atoms with Crippen molar-refractivity contribution in [2.45, 2.75) is 17.7 Å². The Morgan fingerprint density at radius 2 is 1.81 bits per heavy atom. The highest BCUT2D eigenvalue weighted by Gasteiger charge is 2.32. The third-order valence-electron chi connectivity index (χ3n) is 4.49. The van der Waals surface area contributed by atoms with Gasteiger partial charge in [-0.05, 0) is 32.0 Å². The highest BCUT2D eigenvalue weighted by Crippen LogP contribution is 2.31. The van der Waals surface area contributed by atoms with Gasteiger partial charge in [0.25, 0.3) is 0 Å². The molecule has 0 radical (unpaired) electrons. The summed E-state index contributed by atoms with van der Waals surface area (Å²) in [5.74, 6) is 0.683. The molecule has 1 aromatic rings. The molecular formula is C17H27N3O5S. The molecule has 2 N–H and O–H groups in total. The lowest BCUT2D eigenvalue weighted by Gasteiger charge is -2.30. The molecule has 1 aromatic carbocycles. The van der Waals surface area contributed by atoms with Crippen molar-refractivity contribution in [3.05, 3.63) is 18.2 Å². The van der Waals surface area contributed by atoms with E-state index in [9.17, 15) is 13.2 Å². The second kappa shape index (κ2) is 9.20. The summed E-state index contributed by atoms with van der Waals surface area (Å²) in [4.78, 5) is 12.3. The van der Waals surface area contributed by atoms with Crippen molar-refractivity contribution in [3.63, 3.8) is 0 Å². The predicted molar refractivity (Wildman–Crippen MR) is 98.0 cm³/mol. The van der Waals surface area contributed by atoms with Gasteiger partial charge in [0.1, 0.15) is 0 Å². The largest absolute Gasteiger partial charge is 0.493 e. The Morgan fingerprint density at radius 1 is 1.15 bits per heavy atom. The Hall–Kier alpha value is -1.84. The number of nitrogens with zero attached hydrogens (tertiary/aromatic N) is 1. The summed E-state index contributed by atoms with van der Waals surface area (Å²) in [6, 6.07) is 4.55. The van der Waals surface area contributed by atoms with Gasteiger partial charge in [-0.3, -0.25) is 4.79 Å². The molecule has 1 aliphatic rings. The van der Waals surface area contributed by atoms with E-state index in [0.29, 0.717) is 50.5 Å². The topological polar surface area (TPSA) is 97.0 Å². The number of methoxy groups -OCH3 is 2. The Balaban J connectivity index is 2.02. The van der Waals surface area contributed by atoms with Crippen LogP contribution in [0.4, 0.5) is 0 Å². The molecule has 1 heterocycles. The van der Waals surface area contributed by atoms with Crippen molar-refractivity contribution in [3.8, 4) is 11.5 Å². The molecular weight excluding hydrogens is 358 g/mol. The molecule has 8 nitrogen and oxygen atoms in total. The quantitative estimate of drug-likeness (QED) is 0.631. The first-order chi connectivity index (χ1) is 12.4. The summed E-state index contributed by atoms with van der Waals surface area (Å²) >= 11 is 0. The molecule has 0 aliphatic carbocycles. The highest BCUT2D eigenvalue weighted by molar-refractivity contribution is 7.89. The van der Waals surface area contributed by atoms with E-state index >= 15 is 0 Å². The molecule has 0 bridgehead atoms. The second-order valence-electron chi connectivity index (χ2n) is 6.09. The molecule has 0 aromatic heterocycles. The number of carbonyl (C=O) groups excluding carboxylic acids is 1. The molecule has 0 spiro atoms. The molecule has 0 atom stereocenters. The number of likely N-dealkylation sites (N-methyl/N-ethyl adjacent to an activating group) is 1. The van der Waals surface area contributed by atoms with Crippen molar-refractivity contribution in [1.29, 1.82) is 0 Å². The van der Waals surface area contributed by atoms with E-state index in [1.165, 1.54) is 30.7 Å². The van der Waals surface area contributed by atoms with Crippen molar-refractivity contribution >= 4 is 15.9 Å². The molecule has 1 aliphatic heterocycles. The van der Waals surface area contributed by atoms with Gasteiger partial charge in [-0.15, -0.1) is 0 Å². The number of carbonyl (C=O) groups is 1. The third-order valence-corrected chi connectivity index (χ3v) is 6.39. The second-order valence-corrected chi connectivity index (χ2v) is 8.03. The van der Waals surface area contributed by atoms with Crippen molar-refractivity contribution in [2.24, 2.45) is 5.92 Å². The van der Waals surface area contributed by atoms with Crippen LogP contribution in [0.2, 0.25) is 0 Å². The molecule has 1 amide bonds. The minimum atomic E-state index is -3.63. The minimum absolute atomic E-state index is 0.0107. The van der Waals surface area contributed by atoms with Crippen LogP contribution in [0.5, 0.6) is 11.5 Å². The van der Waals surface area contributed by atoms with Gasteiger partial charge in [-0.1, -0.05) is 0 Å². The zero-order chi connectivity index (χ0) is 19.2. The van der Waals surface area contributed by atoms with E-state index in [4.69, 9.17) is 9.47 Å². The SMILES string of the molecule is CNCCNC(=O)C1CCN(S(=O)(=O)c2ccc(OC)c(OC)c2)CC1. The Bertz CT molecular complexity index is 715. The fourth-order valence-corrected chi connectivity index (χ4v) is 4.43. The Labute approximate surface area is 154 Å². The van der Waals surface area contributed by atoms with Gasteiger partial charge in [0.2, 0.25) is 15.9 Å². The van der Waals surface area contributed by atoms with Crippen LogP contribution in [0.3, 0.4) is 0 Å². The van der Waals surface area contributed by atoms with Gasteiger partial charge >= 0.3 is 0 Å². The van der Waals surface area contributed by atoms with Gasteiger partial charge in [-0.2, -0.15) is 4.31 Å². The monoisotopic (exact) mass is 385 g/mol. The molecule has 9 heteroatoms. The number of nitrogens with one attached hydrogen (secondary N) is 2. The standard InChI is InChI=1S/C17H27N3O5S/c1-18-8-9-19-17(21)13-6-10-20(11-7-13)26(22,23)14-4-5-15(24-2)16(12-14)25-3/h4-5,12-13,18H,6-11H2,1-3H3,(H,19,21). The summed E-state index contributed by atoms with van der Waals surface area (Å²) in [5.41, 5.74) is 0. The first-order valence-electron chi connectivity index (χ1n) is 8.58. The number of rotatable bonds is 8. The maximum Gasteiger partial charge on any atom is 0.243 e. The molecule has 2 rings (SSSR count). The van der Waals surface area contributed by atoms with Gasteiger partial charge in [0.15, 0.2) is 11.5 Å².